The van der Waals surface area contributed by atoms with E-state index in [-0.39, 0.29) is 22.7 Å². The second kappa shape index (κ2) is 3.94. The Morgan fingerprint density at radius 1 is 1.05 bits per heavy atom. The van der Waals surface area contributed by atoms with Gasteiger partial charge in [0.1, 0.15) is 5.78 Å². The van der Waals surface area contributed by atoms with Gasteiger partial charge in [-0.15, -0.1) is 0 Å². The summed E-state index contributed by atoms with van der Waals surface area (Å²) < 4.78 is 0. The highest BCUT2D eigenvalue weighted by Crippen LogP contribution is 2.69. The van der Waals surface area contributed by atoms with Crippen LogP contribution in [0.4, 0.5) is 0 Å². The number of rotatable bonds is 2. The van der Waals surface area contributed by atoms with E-state index in [0.717, 1.165) is 19.3 Å². The molecule has 2 aliphatic rings. The highest BCUT2D eigenvalue weighted by molar-refractivity contribution is 5.88. The van der Waals surface area contributed by atoms with Gasteiger partial charge in [0.15, 0.2) is 0 Å². The van der Waals surface area contributed by atoms with Gasteiger partial charge < -0.3 is 0 Å². The second-order valence-electron chi connectivity index (χ2n) is 7.49. The predicted molar refractivity (Wildman–Crippen MR) is 78.0 cm³/mol. The first kappa shape index (κ1) is 12.9. The summed E-state index contributed by atoms with van der Waals surface area (Å²) in [5.41, 5.74) is 3.20. The molecule has 0 spiro atoms. The molecule has 0 bridgehead atoms. The molecule has 2 aliphatic carbocycles. The molecule has 1 saturated carbocycles. The van der Waals surface area contributed by atoms with E-state index in [1.54, 1.807) is 0 Å². The molecule has 0 amide bonds. The van der Waals surface area contributed by atoms with Gasteiger partial charge in [0.25, 0.3) is 0 Å². The summed E-state index contributed by atoms with van der Waals surface area (Å²) in [7, 11) is 0. The van der Waals surface area contributed by atoms with Gasteiger partial charge in [-0.05, 0) is 41.2 Å². The standard InChI is InChI=1S/C18H24O/c1-17(2)16(18(17,3)4)15(19)14-10-9-12-7-5-6-8-13(12)11-14/h5-8,14,16H,9-11H2,1-4H3. The Labute approximate surface area is 116 Å². The molecule has 1 aromatic rings. The average molecular weight is 256 g/mol. The first-order valence-corrected chi connectivity index (χ1v) is 7.46. The molecule has 19 heavy (non-hydrogen) atoms. The van der Waals surface area contributed by atoms with Gasteiger partial charge in [-0.2, -0.15) is 0 Å². The number of hydrogen-bond donors (Lipinski definition) is 0. The van der Waals surface area contributed by atoms with Crippen molar-refractivity contribution in [3.63, 3.8) is 0 Å². The lowest BCUT2D eigenvalue weighted by Gasteiger charge is -2.24. The maximum atomic E-state index is 12.8. The largest absolute Gasteiger partial charge is 0.299 e. The Hall–Kier alpha value is -1.11. The smallest absolute Gasteiger partial charge is 0.140 e. The van der Waals surface area contributed by atoms with Crippen molar-refractivity contribution in [1.82, 2.24) is 0 Å². The van der Waals surface area contributed by atoms with Crippen LogP contribution in [0.5, 0.6) is 0 Å². The maximum absolute atomic E-state index is 12.8. The molecule has 1 aromatic carbocycles. The highest BCUT2D eigenvalue weighted by atomic mass is 16.1. The molecule has 1 atom stereocenters. The third-order valence-electron chi connectivity index (χ3n) is 6.05. The van der Waals surface area contributed by atoms with Crippen LogP contribution >= 0.6 is 0 Å². The van der Waals surface area contributed by atoms with E-state index in [9.17, 15) is 4.79 Å². The van der Waals surface area contributed by atoms with Crippen molar-refractivity contribution >= 4 is 5.78 Å². The van der Waals surface area contributed by atoms with Crippen molar-refractivity contribution in [1.29, 1.82) is 0 Å². The van der Waals surface area contributed by atoms with Gasteiger partial charge in [-0.1, -0.05) is 52.0 Å². The van der Waals surface area contributed by atoms with E-state index in [4.69, 9.17) is 0 Å². The predicted octanol–water partition coefficient (Wildman–Crippen LogP) is 4.04. The van der Waals surface area contributed by atoms with Crippen LogP contribution in [0.1, 0.15) is 45.2 Å². The summed E-state index contributed by atoms with van der Waals surface area (Å²) >= 11 is 0. The minimum absolute atomic E-state index is 0.182. The molecule has 1 unspecified atom stereocenters. The number of Topliss-reactive ketones (excluding diaryl/α,β-unsaturated/α-hetero) is 1. The molecular formula is C18H24O. The summed E-state index contributed by atoms with van der Waals surface area (Å²) in [5, 5.41) is 0. The van der Waals surface area contributed by atoms with Gasteiger partial charge in [0, 0.05) is 11.8 Å². The Morgan fingerprint density at radius 3 is 2.21 bits per heavy atom. The normalized spacial score (nSPS) is 27.7. The van der Waals surface area contributed by atoms with Crippen LogP contribution in [0.2, 0.25) is 0 Å². The molecule has 0 N–H and O–H groups in total. The topological polar surface area (TPSA) is 17.1 Å². The van der Waals surface area contributed by atoms with E-state index in [1.165, 1.54) is 11.1 Å². The minimum atomic E-state index is 0.182. The first-order valence-electron chi connectivity index (χ1n) is 7.46. The molecular weight excluding hydrogens is 232 g/mol. The maximum Gasteiger partial charge on any atom is 0.140 e. The van der Waals surface area contributed by atoms with Crippen LogP contribution in [0.25, 0.3) is 0 Å². The molecule has 0 radical (unpaired) electrons. The summed E-state index contributed by atoms with van der Waals surface area (Å²) in [6.07, 6.45) is 3.07. The zero-order valence-electron chi connectivity index (χ0n) is 12.5. The molecule has 0 aromatic heterocycles. The summed E-state index contributed by atoms with van der Waals surface area (Å²) in [4.78, 5) is 12.8. The fourth-order valence-corrected chi connectivity index (χ4v) is 4.08. The molecule has 3 rings (SSSR count). The van der Waals surface area contributed by atoms with E-state index >= 15 is 0 Å². The molecule has 0 saturated heterocycles. The third kappa shape index (κ3) is 1.78. The summed E-state index contributed by atoms with van der Waals surface area (Å²) in [5.74, 6) is 1.03. The monoisotopic (exact) mass is 256 g/mol. The van der Waals surface area contributed by atoms with Gasteiger partial charge in [-0.25, -0.2) is 0 Å². The lowest BCUT2D eigenvalue weighted by molar-refractivity contribution is -0.125. The third-order valence-corrected chi connectivity index (χ3v) is 6.05. The van der Waals surface area contributed by atoms with Crippen molar-refractivity contribution in [2.24, 2.45) is 22.7 Å². The zero-order valence-corrected chi connectivity index (χ0v) is 12.5. The summed E-state index contributed by atoms with van der Waals surface area (Å²) in [6, 6.07) is 8.60. The fraction of sp³-hybridized carbons (Fsp3) is 0.611. The van der Waals surface area contributed by atoms with Crippen molar-refractivity contribution in [2.45, 2.75) is 47.0 Å². The Balaban J connectivity index is 1.78. The number of carbonyl (C=O) groups is 1. The Morgan fingerprint density at radius 2 is 1.63 bits per heavy atom. The minimum Gasteiger partial charge on any atom is -0.299 e. The average Bonchev–Trinajstić information content (AvgIpc) is 2.78. The van der Waals surface area contributed by atoms with Crippen molar-refractivity contribution in [3.05, 3.63) is 35.4 Å². The van der Waals surface area contributed by atoms with Gasteiger partial charge in [0.2, 0.25) is 0 Å². The number of carbonyl (C=O) groups excluding carboxylic acids is 1. The molecule has 1 nitrogen and oxygen atoms in total. The molecule has 0 heterocycles. The number of hydrogen-bond acceptors (Lipinski definition) is 1. The highest BCUT2D eigenvalue weighted by Gasteiger charge is 2.68. The van der Waals surface area contributed by atoms with E-state index in [2.05, 4.69) is 52.0 Å². The van der Waals surface area contributed by atoms with Crippen molar-refractivity contribution in [2.75, 3.05) is 0 Å². The SMILES string of the molecule is CC1(C)C(C(=O)C2CCc3ccccc3C2)C1(C)C. The Bertz CT molecular complexity index is 510. The van der Waals surface area contributed by atoms with E-state index in [0.29, 0.717) is 5.78 Å². The van der Waals surface area contributed by atoms with Gasteiger partial charge in [-0.3, -0.25) is 4.79 Å². The number of ketones is 1. The van der Waals surface area contributed by atoms with Crippen molar-refractivity contribution in [3.8, 4) is 0 Å². The lowest BCUT2D eigenvalue weighted by atomic mass is 9.79. The fourth-order valence-electron chi connectivity index (χ4n) is 4.08. The molecule has 0 aliphatic heterocycles. The zero-order chi connectivity index (χ0) is 13.8. The Kier molecular flexibility index (Phi) is 2.68. The van der Waals surface area contributed by atoms with Crippen LogP contribution in [0.3, 0.4) is 0 Å². The second-order valence-corrected chi connectivity index (χ2v) is 7.49. The molecule has 102 valence electrons. The number of aryl methyl sites for hydroxylation is 1. The van der Waals surface area contributed by atoms with Crippen LogP contribution in [0, 0.1) is 22.7 Å². The van der Waals surface area contributed by atoms with Crippen molar-refractivity contribution < 1.29 is 4.79 Å². The van der Waals surface area contributed by atoms with Crippen LogP contribution in [-0.2, 0) is 17.6 Å². The van der Waals surface area contributed by atoms with E-state index < -0.39 is 0 Å². The lowest BCUT2D eigenvalue weighted by Crippen LogP contribution is -2.25. The number of benzene rings is 1. The van der Waals surface area contributed by atoms with Gasteiger partial charge in [0.05, 0.1) is 0 Å². The van der Waals surface area contributed by atoms with Crippen LogP contribution < -0.4 is 0 Å². The van der Waals surface area contributed by atoms with Crippen LogP contribution in [0.15, 0.2) is 24.3 Å². The quantitative estimate of drug-likeness (QED) is 0.780. The van der Waals surface area contributed by atoms with Crippen LogP contribution in [-0.4, -0.2) is 5.78 Å². The van der Waals surface area contributed by atoms with E-state index in [1.807, 2.05) is 0 Å². The molecule has 1 heteroatoms. The summed E-state index contributed by atoms with van der Waals surface area (Å²) in [6.45, 7) is 8.97. The first-order chi connectivity index (χ1) is 8.85. The van der Waals surface area contributed by atoms with Gasteiger partial charge >= 0.3 is 0 Å². The number of fused-ring (bicyclic) bond motifs is 1. The molecule has 1 fully saturated rings.